The maximum absolute atomic E-state index is 13.2. The molecule has 0 radical (unpaired) electrons. The Morgan fingerprint density at radius 3 is 2.00 bits per heavy atom. The minimum Gasteiger partial charge on any atom is -0.321 e. The highest BCUT2D eigenvalue weighted by atomic mass is 16.2. The van der Waals surface area contributed by atoms with Crippen LogP contribution in [0.1, 0.15) is 31.8 Å². The Labute approximate surface area is 232 Å². The summed E-state index contributed by atoms with van der Waals surface area (Å²) in [5.74, 6) is -1.02. The molecule has 5 nitrogen and oxygen atoms in total. The van der Waals surface area contributed by atoms with Crippen molar-refractivity contribution in [3.05, 3.63) is 161 Å². The van der Waals surface area contributed by atoms with Gasteiger partial charge in [0.2, 0.25) is 0 Å². The topological polar surface area (TPSA) is 75.3 Å². The highest BCUT2D eigenvalue weighted by Gasteiger charge is 2.15. The lowest BCUT2D eigenvalue weighted by Gasteiger charge is -2.12. The molecule has 0 heterocycles. The van der Waals surface area contributed by atoms with Gasteiger partial charge in [-0.2, -0.15) is 0 Å². The fraction of sp³-hybridized carbons (Fsp3) is 0. The van der Waals surface area contributed by atoms with Crippen molar-refractivity contribution in [3.8, 4) is 0 Å². The predicted molar refractivity (Wildman–Crippen MR) is 161 cm³/mol. The number of hydrogen-bond acceptors (Lipinski definition) is 3. The fourth-order valence-electron chi connectivity index (χ4n) is 4.23. The normalized spacial score (nSPS) is 11.3. The van der Waals surface area contributed by atoms with Crippen molar-refractivity contribution in [3.63, 3.8) is 0 Å². The average molecular weight is 523 g/mol. The molecule has 5 aromatic carbocycles. The zero-order valence-corrected chi connectivity index (χ0v) is 21.6. The third-order valence-electron chi connectivity index (χ3n) is 6.30. The standard InChI is InChI=1S/C35H26N2O3/c38-33(23-20-27-16-9-15-26-12-7-8-17-31(26)27)28-18-21-30(22-19-28)36-35(40)32(24-25-10-3-1-4-11-25)37-34(39)29-13-5-2-6-14-29/h1-24H,(H,36,40)(H,37,39)/b23-20+,32-24-. The molecule has 0 bridgehead atoms. The summed E-state index contributed by atoms with van der Waals surface area (Å²) in [5.41, 5.74) is 3.25. The van der Waals surface area contributed by atoms with Crippen LogP contribution >= 0.6 is 0 Å². The number of fused-ring (bicyclic) bond motifs is 1. The molecule has 0 saturated heterocycles. The van der Waals surface area contributed by atoms with Gasteiger partial charge in [-0.05, 0) is 70.4 Å². The number of rotatable bonds is 8. The van der Waals surface area contributed by atoms with Crippen LogP contribution in [0.25, 0.3) is 22.9 Å². The Bertz CT molecular complexity index is 1720. The van der Waals surface area contributed by atoms with Gasteiger partial charge in [-0.1, -0.05) is 97.1 Å². The van der Waals surface area contributed by atoms with Crippen LogP contribution in [0.2, 0.25) is 0 Å². The summed E-state index contributed by atoms with van der Waals surface area (Å²) in [4.78, 5) is 38.8. The van der Waals surface area contributed by atoms with Crippen molar-refractivity contribution < 1.29 is 14.4 Å². The van der Waals surface area contributed by atoms with Gasteiger partial charge in [-0.3, -0.25) is 14.4 Å². The molecule has 0 aliphatic carbocycles. The Kier molecular flexibility index (Phi) is 8.04. The van der Waals surface area contributed by atoms with Gasteiger partial charge >= 0.3 is 0 Å². The summed E-state index contributed by atoms with van der Waals surface area (Å²) in [6.45, 7) is 0. The third-order valence-corrected chi connectivity index (χ3v) is 6.30. The molecule has 0 saturated carbocycles. The second-order valence-corrected chi connectivity index (χ2v) is 9.09. The quantitative estimate of drug-likeness (QED) is 0.168. The summed E-state index contributed by atoms with van der Waals surface area (Å²) in [6.07, 6.45) is 4.98. The van der Waals surface area contributed by atoms with Crippen molar-refractivity contribution in [2.45, 2.75) is 0 Å². The number of ketones is 1. The summed E-state index contributed by atoms with van der Waals surface area (Å²) in [5, 5.41) is 7.72. The van der Waals surface area contributed by atoms with Gasteiger partial charge in [0.1, 0.15) is 5.70 Å². The Hall–Kier alpha value is -5.55. The summed E-state index contributed by atoms with van der Waals surface area (Å²) in [6, 6.07) is 38.6. The van der Waals surface area contributed by atoms with E-state index >= 15 is 0 Å². The molecule has 0 atom stereocenters. The van der Waals surface area contributed by atoms with E-state index in [0.29, 0.717) is 16.8 Å². The summed E-state index contributed by atoms with van der Waals surface area (Å²) >= 11 is 0. The zero-order valence-electron chi connectivity index (χ0n) is 21.6. The van der Waals surface area contributed by atoms with Crippen LogP contribution in [0.3, 0.4) is 0 Å². The van der Waals surface area contributed by atoms with E-state index in [1.807, 2.05) is 84.9 Å². The average Bonchev–Trinajstić information content (AvgIpc) is 3.00. The van der Waals surface area contributed by atoms with E-state index < -0.39 is 11.8 Å². The lowest BCUT2D eigenvalue weighted by Crippen LogP contribution is -2.30. The van der Waals surface area contributed by atoms with E-state index in [1.165, 1.54) is 0 Å². The van der Waals surface area contributed by atoms with Gasteiger partial charge in [0.25, 0.3) is 11.8 Å². The molecular weight excluding hydrogens is 496 g/mol. The first kappa shape index (κ1) is 26.1. The fourth-order valence-corrected chi connectivity index (χ4v) is 4.23. The monoisotopic (exact) mass is 522 g/mol. The van der Waals surface area contributed by atoms with Crippen LogP contribution in [0.4, 0.5) is 5.69 Å². The van der Waals surface area contributed by atoms with E-state index in [-0.39, 0.29) is 11.5 Å². The Morgan fingerprint density at radius 1 is 0.600 bits per heavy atom. The number of carbonyl (C=O) groups is 3. The number of nitrogens with one attached hydrogen (secondary N) is 2. The summed E-state index contributed by atoms with van der Waals surface area (Å²) in [7, 11) is 0. The largest absolute Gasteiger partial charge is 0.321 e. The first-order valence-electron chi connectivity index (χ1n) is 12.8. The molecule has 5 heteroatoms. The SMILES string of the molecule is O=C(Nc1ccc(C(=O)/C=C/c2cccc3ccccc23)cc1)/C(=C/c1ccccc1)NC(=O)c1ccccc1. The summed E-state index contributed by atoms with van der Waals surface area (Å²) < 4.78 is 0. The maximum atomic E-state index is 13.2. The van der Waals surface area contributed by atoms with Crippen molar-refractivity contribution in [2.24, 2.45) is 0 Å². The molecule has 194 valence electrons. The molecule has 0 fully saturated rings. The van der Waals surface area contributed by atoms with Gasteiger partial charge in [0.15, 0.2) is 5.78 Å². The lowest BCUT2D eigenvalue weighted by molar-refractivity contribution is -0.113. The Balaban J connectivity index is 1.30. The predicted octanol–water partition coefficient (Wildman–Crippen LogP) is 7.15. The van der Waals surface area contributed by atoms with Gasteiger partial charge < -0.3 is 10.6 Å². The van der Waals surface area contributed by atoms with Gasteiger partial charge in [-0.25, -0.2) is 0 Å². The second-order valence-electron chi connectivity index (χ2n) is 9.09. The van der Waals surface area contributed by atoms with E-state index in [4.69, 9.17) is 0 Å². The molecule has 5 aromatic rings. The number of benzene rings is 5. The maximum Gasteiger partial charge on any atom is 0.272 e. The number of allylic oxidation sites excluding steroid dienone is 1. The first-order valence-corrected chi connectivity index (χ1v) is 12.8. The van der Waals surface area contributed by atoms with Crippen LogP contribution in [-0.2, 0) is 4.79 Å². The van der Waals surface area contributed by atoms with Crippen molar-refractivity contribution in [1.29, 1.82) is 0 Å². The van der Waals surface area contributed by atoms with Crippen LogP contribution < -0.4 is 10.6 Å². The zero-order chi connectivity index (χ0) is 27.7. The van der Waals surface area contributed by atoms with E-state index in [2.05, 4.69) is 10.6 Å². The van der Waals surface area contributed by atoms with Gasteiger partial charge in [0, 0.05) is 16.8 Å². The number of hydrogen-bond donors (Lipinski definition) is 2. The second kappa shape index (κ2) is 12.3. The molecule has 2 amide bonds. The number of carbonyl (C=O) groups excluding carboxylic acids is 3. The first-order chi connectivity index (χ1) is 19.6. The van der Waals surface area contributed by atoms with Crippen LogP contribution in [0.15, 0.2) is 139 Å². The van der Waals surface area contributed by atoms with Crippen molar-refractivity contribution in [1.82, 2.24) is 5.32 Å². The van der Waals surface area contributed by atoms with Crippen molar-refractivity contribution in [2.75, 3.05) is 5.32 Å². The van der Waals surface area contributed by atoms with Crippen LogP contribution in [-0.4, -0.2) is 17.6 Å². The minimum atomic E-state index is -0.483. The van der Waals surface area contributed by atoms with Gasteiger partial charge in [-0.15, -0.1) is 0 Å². The molecule has 0 aromatic heterocycles. The number of amides is 2. The molecule has 0 spiro atoms. The molecule has 0 aliphatic heterocycles. The molecule has 0 unspecified atom stereocenters. The van der Waals surface area contributed by atoms with Crippen molar-refractivity contribution >= 4 is 46.2 Å². The molecule has 2 N–H and O–H groups in total. The van der Waals surface area contributed by atoms with E-state index in [0.717, 1.165) is 21.9 Å². The highest BCUT2D eigenvalue weighted by molar-refractivity contribution is 6.11. The highest BCUT2D eigenvalue weighted by Crippen LogP contribution is 2.20. The van der Waals surface area contributed by atoms with Crippen LogP contribution in [0.5, 0.6) is 0 Å². The smallest absolute Gasteiger partial charge is 0.272 e. The Morgan fingerprint density at radius 2 is 1.25 bits per heavy atom. The third kappa shape index (κ3) is 6.47. The van der Waals surface area contributed by atoms with E-state index in [9.17, 15) is 14.4 Å². The number of anilines is 1. The molecular formula is C35H26N2O3. The van der Waals surface area contributed by atoms with Crippen LogP contribution in [0, 0.1) is 0 Å². The minimum absolute atomic E-state index is 0.0956. The molecule has 40 heavy (non-hydrogen) atoms. The van der Waals surface area contributed by atoms with E-state index in [1.54, 1.807) is 60.7 Å². The van der Waals surface area contributed by atoms with Gasteiger partial charge in [0.05, 0.1) is 0 Å². The lowest BCUT2D eigenvalue weighted by atomic mass is 10.0. The molecule has 0 aliphatic rings. The molecule has 5 rings (SSSR count).